The predicted octanol–water partition coefficient (Wildman–Crippen LogP) is 1.42. The maximum absolute atomic E-state index is 13.1. The van der Waals surface area contributed by atoms with E-state index in [-0.39, 0.29) is 16.7 Å². The zero-order chi connectivity index (χ0) is 10.7. The first kappa shape index (κ1) is 11.3. The first-order chi connectivity index (χ1) is 6.56. The number of rotatable bonds is 3. The Morgan fingerprint density at radius 2 is 2.14 bits per heavy atom. The Bertz CT molecular complexity index is 357. The molecule has 1 aromatic rings. The van der Waals surface area contributed by atoms with Crippen LogP contribution in [-0.4, -0.2) is 16.0 Å². The Labute approximate surface area is 83.6 Å². The van der Waals surface area contributed by atoms with E-state index in [4.69, 9.17) is 5.73 Å². The highest BCUT2D eigenvalue weighted by molar-refractivity contribution is 7.85. The van der Waals surface area contributed by atoms with Crippen LogP contribution in [0, 0.1) is 11.6 Å². The van der Waals surface area contributed by atoms with Crippen LogP contribution in [0.5, 0.6) is 0 Å². The molecule has 2 unspecified atom stereocenters. The van der Waals surface area contributed by atoms with Crippen LogP contribution in [0.1, 0.15) is 6.92 Å². The minimum absolute atomic E-state index is 0.00403. The van der Waals surface area contributed by atoms with Crippen LogP contribution in [0.2, 0.25) is 0 Å². The van der Waals surface area contributed by atoms with Crippen LogP contribution in [0.4, 0.5) is 8.78 Å². The van der Waals surface area contributed by atoms with Gasteiger partial charge in [0, 0.05) is 17.9 Å². The van der Waals surface area contributed by atoms with E-state index < -0.39 is 22.4 Å². The molecule has 0 bridgehead atoms. The summed E-state index contributed by atoms with van der Waals surface area (Å²) in [5.74, 6) is -1.47. The molecule has 14 heavy (non-hydrogen) atoms. The molecule has 2 nitrogen and oxygen atoms in total. The molecule has 0 aromatic heterocycles. The Kier molecular flexibility index (Phi) is 3.71. The molecule has 0 aliphatic carbocycles. The predicted molar refractivity (Wildman–Crippen MR) is 51.3 cm³/mol. The van der Waals surface area contributed by atoms with Crippen molar-refractivity contribution in [1.29, 1.82) is 0 Å². The molecular formula is C9H11F2NOS. The summed E-state index contributed by atoms with van der Waals surface area (Å²) in [5, 5.41) is -0.338. The standard InChI is InChI=1S/C9H11F2NOS/c1-6(5-12)14(13)9-3-2-7(10)4-8(9)11/h2-4,6H,5,12H2,1H3. The fraction of sp³-hybridized carbons (Fsp3) is 0.333. The minimum atomic E-state index is -1.51. The molecule has 78 valence electrons. The largest absolute Gasteiger partial charge is 0.329 e. The van der Waals surface area contributed by atoms with Gasteiger partial charge in [-0.3, -0.25) is 4.21 Å². The summed E-state index contributed by atoms with van der Waals surface area (Å²) in [6.45, 7) is 1.85. The lowest BCUT2D eigenvalue weighted by Gasteiger charge is -2.08. The lowest BCUT2D eigenvalue weighted by Crippen LogP contribution is -2.22. The van der Waals surface area contributed by atoms with Gasteiger partial charge in [-0.2, -0.15) is 0 Å². The van der Waals surface area contributed by atoms with Crippen molar-refractivity contribution in [2.45, 2.75) is 17.1 Å². The molecule has 0 aliphatic heterocycles. The molecule has 2 N–H and O–H groups in total. The molecule has 0 saturated carbocycles. The van der Waals surface area contributed by atoms with Gasteiger partial charge in [0.1, 0.15) is 11.6 Å². The van der Waals surface area contributed by atoms with Crippen LogP contribution in [0.25, 0.3) is 0 Å². The van der Waals surface area contributed by atoms with E-state index in [0.29, 0.717) is 0 Å². The summed E-state index contributed by atoms with van der Waals surface area (Å²) in [7, 11) is -1.51. The van der Waals surface area contributed by atoms with Crippen LogP contribution in [0.15, 0.2) is 23.1 Å². The third-order valence-electron chi connectivity index (χ3n) is 1.81. The maximum Gasteiger partial charge on any atom is 0.142 e. The number of nitrogens with two attached hydrogens (primary N) is 1. The summed E-state index contributed by atoms with van der Waals surface area (Å²) in [5.41, 5.74) is 5.30. The van der Waals surface area contributed by atoms with Crippen LogP contribution in [0.3, 0.4) is 0 Å². The number of halogens is 2. The van der Waals surface area contributed by atoms with E-state index >= 15 is 0 Å². The number of benzene rings is 1. The summed E-state index contributed by atoms with van der Waals surface area (Å²) in [6, 6.07) is 2.99. The molecular weight excluding hydrogens is 208 g/mol. The van der Waals surface area contributed by atoms with Gasteiger partial charge < -0.3 is 5.73 Å². The van der Waals surface area contributed by atoms with Gasteiger partial charge in [-0.05, 0) is 19.1 Å². The molecule has 0 aliphatic rings. The number of hydrogen-bond acceptors (Lipinski definition) is 2. The topological polar surface area (TPSA) is 43.1 Å². The lowest BCUT2D eigenvalue weighted by atomic mass is 10.3. The van der Waals surface area contributed by atoms with Crippen LogP contribution < -0.4 is 5.73 Å². The average Bonchev–Trinajstić information content (AvgIpc) is 2.15. The molecule has 0 amide bonds. The second-order valence-corrected chi connectivity index (χ2v) is 4.76. The van der Waals surface area contributed by atoms with Crippen molar-refractivity contribution >= 4 is 10.8 Å². The minimum Gasteiger partial charge on any atom is -0.329 e. The van der Waals surface area contributed by atoms with E-state index in [0.717, 1.165) is 12.1 Å². The number of hydrogen-bond donors (Lipinski definition) is 1. The van der Waals surface area contributed by atoms with Crippen molar-refractivity contribution in [3.8, 4) is 0 Å². The average molecular weight is 219 g/mol. The molecule has 0 heterocycles. The third kappa shape index (κ3) is 2.36. The smallest absolute Gasteiger partial charge is 0.142 e. The van der Waals surface area contributed by atoms with Crippen molar-refractivity contribution in [2.75, 3.05) is 6.54 Å². The normalized spacial score (nSPS) is 15.1. The Morgan fingerprint density at radius 3 is 2.64 bits per heavy atom. The van der Waals surface area contributed by atoms with Gasteiger partial charge in [0.15, 0.2) is 0 Å². The van der Waals surface area contributed by atoms with E-state index in [2.05, 4.69) is 0 Å². The quantitative estimate of drug-likeness (QED) is 0.835. The highest BCUT2D eigenvalue weighted by Gasteiger charge is 2.16. The second kappa shape index (κ2) is 4.61. The van der Waals surface area contributed by atoms with Gasteiger partial charge in [-0.15, -0.1) is 0 Å². The van der Waals surface area contributed by atoms with E-state index in [1.54, 1.807) is 6.92 Å². The SMILES string of the molecule is CC(CN)S(=O)c1ccc(F)cc1F. The lowest BCUT2D eigenvalue weighted by molar-refractivity contribution is 0.561. The van der Waals surface area contributed by atoms with E-state index in [1.165, 1.54) is 6.07 Å². The van der Waals surface area contributed by atoms with Gasteiger partial charge >= 0.3 is 0 Å². The van der Waals surface area contributed by atoms with Crippen LogP contribution in [-0.2, 0) is 10.8 Å². The molecule has 0 radical (unpaired) electrons. The van der Waals surface area contributed by atoms with E-state index in [1.807, 2.05) is 0 Å². The first-order valence-electron chi connectivity index (χ1n) is 4.12. The van der Waals surface area contributed by atoms with Crippen molar-refractivity contribution in [3.63, 3.8) is 0 Å². The fourth-order valence-electron chi connectivity index (χ4n) is 0.943. The molecule has 0 saturated heterocycles. The van der Waals surface area contributed by atoms with Crippen molar-refractivity contribution in [1.82, 2.24) is 0 Å². The third-order valence-corrected chi connectivity index (χ3v) is 3.50. The van der Waals surface area contributed by atoms with Gasteiger partial charge in [-0.25, -0.2) is 8.78 Å². The molecule has 1 aromatic carbocycles. The van der Waals surface area contributed by atoms with Crippen LogP contribution >= 0.6 is 0 Å². The molecule has 1 rings (SSSR count). The zero-order valence-electron chi connectivity index (χ0n) is 7.67. The molecule has 0 fully saturated rings. The zero-order valence-corrected chi connectivity index (χ0v) is 8.48. The highest BCUT2D eigenvalue weighted by atomic mass is 32.2. The van der Waals surface area contributed by atoms with Crippen molar-refractivity contribution < 1.29 is 13.0 Å². The monoisotopic (exact) mass is 219 g/mol. The van der Waals surface area contributed by atoms with Gasteiger partial charge in [0.2, 0.25) is 0 Å². The Morgan fingerprint density at radius 1 is 1.50 bits per heavy atom. The summed E-state index contributed by atoms with van der Waals surface area (Å²) in [6.07, 6.45) is 0. The highest BCUT2D eigenvalue weighted by Crippen LogP contribution is 2.16. The van der Waals surface area contributed by atoms with Crippen molar-refractivity contribution in [3.05, 3.63) is 29.8 Å². The Balaban J connectivity index is 3.02. The second-order valence-electron chi connectivity index (χ2n) is 2.92. The van der Waals surface area contributed by atoms with E-state index in [9.17, 15) is 13.0 Å². The van der Waals surface area contributed by atoms with Gasteiger partial charge in [-0.1, -0.05) is 0 Å². The van der Waals surface area contributed by atoms with Gasteiger partial charge in [0.05, 0.1) is 15.7 Å². The summed E-state index contributed by atoms with van der Waals surface area (Å²) in [4.78, 5) is 0.00403. The molecule has 5 heteroatoms. The Hall–Kier alpha value is -0.810. The fourth-order valence-corrected chi connectivity index (χ4v) is 2.00. The van der Waals surface area contributed by atoms with Crippen molar-refractivity contribution in [2.24, 2.45) is 5.73 Å². The summed E-state index contributed by atoms with van der Waals surface area (Å²) >= 11 is 0. The molecule has 2 atom stereocenters. The van der Waals surface area contributed by atoms with Gasteiger partial charge in [0.25, 0.3) is 0 Å². The first-order valence-corrected chi connectivity index (χ1v) is 5.33. The summed E-state index contributed by atoms with van der Waals surface area (Å²) < 4.78 is 37.2. The molecule has 0 spiro atoms. The maximum atomic E-state index is 13.1.